The molecule has 27 heavy (non-hydrogen) atoms. The number of piperidine rings is 1. The van der Waals surface area contributed by atoms with Crippen molar-refractivity contribution in [2.24, 2.45) is 5.73 Å². The Balaban J connectivity index is 1.39. The Kier molecular flexibility index (Phi) is 3.64. The second kappa shape index (κ2) is 6.05. The average Bonchev–Trinajstić information content (AvgIpc) is 3.12. The van der Waals surface area contributed by atoms with E-state index in [1.807, 2.05) is 18.2 Å². The SMILES string of the molecule is NC(=O)N1CCC2(CCc3cc(-c4cc5ccccc5o4)ccc3O2)CC1. The minimum atomic E-state index is -0.337. The van der Waals surface area contributed by atoms with Crippen LogP contribution in [0.4, 0.5) is 4.79 Å². The number of aryl methyl sites for hydroxylation is 1. The van der Waals surface area contributed by atoms with E-state index in [1.165, 1.54) is 5.56 Å². The molecule has 1 spiro atoms. The molecule has 138 valence electrons. The molecule has 2 aliphatic heterocycles. The largest absolute Gasteiger partial charge is 0.487 e. The van der Waals surface area contributed by atoms with Crippen molar-refractivity contribution >= 4 is 17.0 Å². The molecule has 1 fully saturated rings. The van der Waals surface area contributed by atoms with Crippen LogP contribution in [0.2, 0.25) is 0 Å². The maximum atomic E-state index is 11.4. The normalized spacial score (nSPS) is 18.3. The molecule has 2 N–H and O–H groups in total. The van der Waals surface area contributed by atoms with Gasteiger partial charge in [-0.15, -0.1) is 0 Å². The van der Waals surface area contributed by atoms with Gasteiger partial charge in [-0.2, -0.15) is 0 Å². The van der Waals surface area contributed by atoms with Crippen LogP contribution in [0.15, 0.2) is 52.9 Å². The topological polar surface area (TPSA) is 68.7 Å². The summed E-state index contributed by atoms with van der Waals surface area (Å²) < 4.78 is 12.4. The lowest BCUT2D eigenvalue weighted by Gasteiger charge is -2.44. The highest BCUT2D eigenvalue weighted by Gasteiger charge is 2.40. The predicted molar refractivity (Wildman–Crippen MR) is 104 cm³/mol. The maximum absolute atomic E-state index is 11.4. The van der Waals surface area contributed by atoms with Crippen LogP contribution >= 0.6 is 0 Å². The fraction of sp³-hybridized carbons (Fsp3) is 0.318. The summed E-state index contributed by atoms with van der Waals surface area (Å²) in [7, 11) is 0. The summed E-state index contributed by atoms with van der Waals surface area (Å²) in [5, 5.41) is 1.11. The molecule has 0 bridgehead atoms. The third kappa shape index (κ3) is 2.83. The minimum absolute atomic E-state index is 0.167. The molecule has 3 heterocycles. The fourth-order valence-electron chi connectivity index (χ4n) is 4.29. The molecular weight excluding hydrogens is 340 g/mol. The number of furan rings is 1. The Labute approximate surface area is 157 Å². The first-order valence-electron chi connectivity index (χ1n) is 9.47. The molecule has 2 aromatic carbocycles. The van der Waals surface area contributed by atoms with Crippen molar-refractivity contribution in [3.8, 4) is 17.1 Å². The van der Waals surface area contributed by atoms with Crippen molar-refractivity contribution in [2.45, 2.75) is 31.3 Å². The third-order valence-corrected chi connectivity index (χ3v) is 5.93. The summed E-state index contributed by atoms with van der Waals surface area (Å²) in [6, 6.07) is 16.1. The Morgan fingerprint density at radius 3 is 2.63 bits per heavy atom. The maximum Gasteiger partial charge on any atom is 0.314 e. The van der Waals surface area contributed by atoms with Gasteiger partial charge in [0.25, 0.3) is 0 Å². The number of nitrogens with zero attached hydrogens (tertiary/aromatic N) is 1. The van der Waals surface area contributed by atoms with E-state index in [4.69, 9.17) is 14.9 Å². The van der Waals surface area contributed by atoms with Gasteiger partial charge in [-0.25, -0.2) is 4.79 Å². The number of ether oxygens (including phenoxy) is 1. The highest BCUT2D eigenvalue weighted by atomic mass is 16.5. The summed E-state index contributed by atoms with van der Waals surface area (Å²) in [5.74, 6) is 1.84. The predicted octanol–water partition coefficient (Wildman–Crippen LogP) is 4.34. The number of urea groups is 1. The van der Waals surface area contributed by atoms with Crippen molar-refractivity contribution in [1.29, 1.82) is 0 Å². The van der Waals surface area contributed by atoms with Gasteiger partial charge in [0.15, 0.2) is 0 Å². The standard InChI is InChI=1S/C22H22N2O3/c23-21(25)24-11-9-22(10-12-24)8-7-17-13-16(5-6-19(17)27-22)20-14-15-3-1-2-4-18(15)26-20/h1-6,13-14H,7-12H2,(H2,23,25). The Bertz CT molecular complexity index is 982. The smallest absolute Gasteiger partial charge is 0.314 e. The van der Waals surface area contributed by atoms with E-state index in [9.17, 15) is 4.79 Å². The number of primary amides is 1. The first-order chi connectivity index (χ1) is 13.1. The molecule has 0 aliphatic carbocycles. The lowest BCUT2D eigenvalue weighted by Crippen LogP contribution is -2.52. The van der Waals surface area contributed by atoms with Crippen LogP contribution < -0.4 is 10.5 Å². The van der Waals surface area contributed by atoms with Gasteiger partial charge < -0.3 is 19.8 Å². The van der Waals surface area contributed by atoms with Crippen LogP contribution in [0.1, 0.15) is 24.8 Å². The van der Waals surface area contributed by atoms with E-state index in [2.05, 4.69) is 30.3 Å². The quantitative estimate of drug-likeness (QED) is 0.700. The number of rotatable bonds is 1. The van der Waals surface area contributed by atoms with Crippen LogP contribution in [0, 0.1) is 0 Å². The number of para-hydroxylation sites is 1. The molecule has 3 aromatic rings. The second-order valence-electron chi connectivity index (χ2n) is 7.58. The van der Waals surface area contributed by atoms with Gasteiger partial charge in [-0.1, -0.05) is 18.2 Å². The minimum Gasteiger partial charge on any atom is -0.487 e. The Hall–Kier alpha value is -2.95. The monoisotopic (exact) mass is 362 g/mol. The lowest BCUT2D eigenvalue weighted by molar-refractivity contribution is -0.00471. The van der Waals surface area contributed by atoms with E-state index >= 15 is 0 Å². The van der Waals surface area contributed by atoms with Crippen molar-refractivity contribution in [3.05, 3.63) is 54.1 Å². The molecule has 5 nitrogen and oxygen atoms in total. The number of hydrogen-bond acceptors (Lipinski definition) is 3. The number of nitrogens with two attached hydrogens (primary N) is 1. The van der Waals surface area contributed by atoms with Crippen molar-refractivity contribution < 1.29 is 13.9 Å². The summed E-state index contributed by atoms with van der Waals surface area (Å²) in [6.07, 6.45) is 3.61. The van der Waals surface area contributed by atoms with Crippen LogP contribution in [0.3, 0.4) is 0 Å². The summed E-state index contributed by atoms with van der Waals surface area (Å²) in [4.78, 5) is 13.1. The number of fused-ring (bicyclic) bond motifs is 2. The molecule has 0 radical (unpaired) electrons. The molecule has 0 saturated carbocycles. The van der Waals surface area contributed by atoms with Crippen molar-refractivity contribution in [3.63, 3.8) is 0 Å². The molecule has 2 amide bonds. The molecule has 1 saturated heterocycles. The first kappa shape index (κ1) is 16.2. The van der Waals surface area contributed by atoms with Gasteiger partial charge in [-0.05, 0) is 48.7 Å². The summed E-state index contributed by atoms with van der Waals surface area (Å²) >= 11 is 0. The van der Waals surface area contributed by atoms with Crippen molar-refractivity contribution in [2.75, 3.05) is 13.1 Å². The van der Waals surface area contributed by atoms with E-state index in [0.717, 1.165) is 53.7 Å². The van der Waals surface area contributed by atoms with Gasteiger partial charge in [0.1, 0.15) is 22.7 Å². The van der Waals surface area contributed by atoms with E-state index in [1.54, 1.807) is 4.90 Å². The van der Waals surface area contributed by atoms with Crippen LogP contribution in [-0.2, 0) is 6.42 Å². The van der Waals surface area contributed by atoms with E-state index in [0.29, 0.717) is 13.1 Å². The molecule has 5 heteroatoms. The first-order valence-corrected chi connectivity index (χ1v) is 9.47. The van der Waals surface area contributed by atoms with E-state index in [-0.39, 0.29) is 11.6 Å². The molecule has 0 unspecified atom stereocenters. The zero-order valence-corrected chi connectivity index (χ0v) is 15.1. The average molecular weight is 362 g/mol. The van der Waals surface area contributed by atoms with Crippen LogP contribution in [-0.4, -0.2) is 29.6 Å². The Morgan fingerprint density at radius 2 is 1.85 bits per heavy atom. The summed E-state index contributed by atoms with van der Waals surface area (Å²) in [6.45, 7) is 1.34. The number of hydrogen-bond donors (Lipinski definition) is 1. The van der Waals surface area contributed by atoms with Crippen molar-refractivity contribution in [1.82, 2.24) is 4.90 Å². The molecule has 0 atom stereocenters. The van der Waals surface area contributed by atoms with Crippen LogP contribution in [0.25, 0.3) is 22.3 Å². The number of benzene rings is 2. The third-order valence-electron chi connectivity index (χ3n) is 5.93. The molecule has 2 aliphatic rings. The zero-order chi connectivity index (χ0) is 18.4. The molecule has 5 rings (SSSR count). The lowest BCUT2D eigenvalue weighted by atomic mass is 9.83. The fourth-order valence-corrected chi connectivity index (χ4v) is 4.29. The Morgan fingerprint density at radius 1 is 1.04 bits per heavy atom. The second-order valence-corrected chi connectivity index (χ2v) is 7.58. The molecular formula is C22H22N2O3. The highest BCUT2D eigenvalue weighted by Crippen LogP contribution is 2.41. The number of carbonyl (C=O) groups excluding carboxylic acids is 1. The zero-order valence-electron chi connectivity index (χ0n) is 15.1. The van der Waals surface area contributed by atoms with E-state index < -0.39 is 0 Å². The number of likely N-dealkylation sites (tertiary alicyclic amines) is 1. The van der Waals surface area contributed by atoms with Gasteiger partial charge in [-0.3, -0.25) is 0 Å². The highest BCUT2D eigenvalue weighted by molar-refractivity contribution is 5.83. The van der Waals surface area contributed by atoms with Crippen LogP contribution in [0.5, 0.6) is 5.75 Å². The van der Waals surface area contributed by atoms with Gasteiger partial charge in [0.05, 0.1) is 0 Å². The van der Waals surface area contributed by atoms with Gasteiger partial charge in [0.2, 0.25) is 0 Å². The number of carbonyl (C=O) groups is 1. The summed E-state index contributed by atoms with van der Waals surface area (Å²) in [5.41, 5.74) is 8.43. The number of amides is 2. The van der Waals surface area contributed by atoms with Gasteiger partial charge in [0, 0.05) is 36.9 Å². The molecule has 1 aromatic heterocycles. The van der Waals surface area contributed by atoms with Gasteiger partial charge >= 0.3 is 6.03 Å².